The Bertz CT molecular complexity index is 1020. The Labute approximate surface area is 129 Å². The van der Waals surface area contributed by atoms with Crippen LogP contribution in [0.5, 0.6) is 0 Å². The SMILES string of the molecule is FC(F)(F)c1ccc2nc(-c3ccc4ccccc4c3)[nH]c2c1. The summed E-state index contributed by atoms with van der Waals surface area (Å²) in [4.78, 5) is 7.37. The Hall–Kier alpha value is -2.82. The van der Waals surface area contributed by atoms with Crippen molar-refractivity contribution >= 4 is 21.8 Å². The molecule has 1 aromatic heterocycles. The molecule has 4 rings (SSSR count). The zero-order chi connectivity index (χ0) is 16.0. The second-order valence-electron chi connectivity index (χ2n) is 5.38. The summed E-state index contributed by atoms with van der Waals surface area (Å²) >= 11 is 0. The van der Waals surface area contributed by atoms with Gasteiger partial charge in [0.05, 0.1) is 16.6 Å². The molecule has 0 radical (unpaired) electrons. The Kier molecular flexibility index (Phi) is 2.91. The number of aromatic nitrogens is 2. The van der Waals surface area contributed by atoms with Crippen molar-refractivity contribution in [3.8, 4) is 11.4 Å². The molecule has 0 spiro atoms. The van der Waals surface area contributed by atoms with Crippen LogP contribution in [0.25, 0.3) is 33.2 Å². The van der Waals surface area contributed by atoms with Crippen LogP contribution in [0.2, 0.25) is 0 Å². The van der Waals surface area contributed by atoms with E-state index in [1.807, 2.05) is 42.5 Å². The van der Waals surface area contributed by atoms with Crippen LogP contribution in [0.4, 0.5) is 13.2 Å². The van der Waals surface area contributed by atoms with Crippen LogP contribution in [0.15, 0.2) is 60.7 Å². The monoisotopic (exact) mass is 312 g/mol. The molecule has 23 heavy (non-hydrogen) atoms. The molecule has 0 aliphatic carbocycles. The second-order valence-corrected chi connectivity index (χ2v) is 5.38. The summed E-state index contributed by atoms with van der Waals surface area (Å²) in [6.45, 7) is 0. The van der Waals surface area contributed by atoms with E-state index in [1.165, 1.54) is 6.07 Å². The first kappa shape index (κ1) is 13.8. The fourth-order valence-corrected chi connectivity index (χ4v) is 2.66. The van der Waals surface area contributed by atoms with Crippen molar-refractivity contribution in [3.05, 3.63) is 66.2 Å². The van der Waals surface area contributed by atoms with Gasteiger partial charge >= 0.3 is 6.18 Å². The molecule has 0 saturated heterocycles. The number of rotatable bonds is 1. The first-order chi connectivity index (χ1) is 11.0. The largest absolute Gasteiger partial charge is 0.416 e. The molecule has 5 heteroatoms. The molecule has 0 aliphatic heterocycles. The predicted octanol–water partition coefficient (Wildman–Crippen LogP) is 5.40. The molecule has 114 valence electrons. The van der Waals surface area contributed by atoms with Gasteiger partial charge in [-0.2, -0.15) is 13.2 Å². The normalized spacial score (nSPS) is 12.1. The summed E-state index contributed by atoms with van der Waals surface area (Å²) in [5.74, 6) is 0.560. The Morgan fingerprint density at radius 2 is 1.61 bits per heavy atom. The lowest BCUT2D eigenvalue weighted by molar-refractivity contribution is -0.137. The number of fused-ring (bicyclic) bond motifs is 2. The van der Waals surface area contributed by atoms with Crippen molar-refractivity contribution in [3.63, 3.8) is 0 Å². The quantitative estimate of drug-likeness (QED) is 0.501. The molecular weight excluding hydrogens is 301 g/mol. The van der Waals surface area contributed by atoms with Gasteiger partial charge in [0, 0.05) is 5.56 Å². The zero-order valence-electron chi connectivity index (χ0n) is 11.9. The Balaban J connectivity index is 1.84. The minimum Gasteiger partial charge on any atom is -0.338 e. The fraction of sp³-hybridized carbons (Fsp3) is 0.0556. The highest BCUT2D eigenvalue weighted by atomic mass is 19.4. The van der Waals surface area contributed by atoms with E-state index in [9.17, 15) is 13.2 Å². The standard InChI is InChI=1S/C18H11F3N2/c19-18(20,21)14-7-8-15-16(10-14)23-17(22-15)13-6-5-11-3-1-2-4-12(11)9-13/h1-10H,(H,22,23). The van der Waals surface area contributed by atoms with Gasteiger partial charge in [-0.15, -0.1) is 0 Å². The van der Waals surface area contributed by atoms with Crippen LogP contribution < -0.4 is 0 Å². The third kappa shape index (κ3) is 2.44. The summed E-state index contributed by atoms with van der Waals surface area (Å²) < 4.78 is 38.4. The average Bonchev–Trinajstić information content (AvgIpc) is 2.96. The van der Waals surface area contributed by atoms with Gasteiger partial charge in [-0.05, 0) is 35.0 Å². The maximum Gasteiger partial charge on any atom is 0.416 e. The molecule has 3 aromatic carbocycles. The lowest BCUT2D eigenvalue weighted by atomic mass is 10.1. The van der Waals surface area contributed by atoms with E-state index >= 15 is 0 Å². The van der Waals surface area contributed by atoms with Gasteiger partial charge in [-0.1, -0.05) is 36.4 Å². The number of hydrogen-bond donors (Lipinski definition) is 1. The maximum atomic E-state index is 12.8. The second kappa shape index (κ2) is 4.84. The van der Waals surface area contributed by atoms with Crippen LogP contribution in [-0.4, -0.2) is 9.97 Å². The molecule has 0 saturated carbocycles. The number of H-pyrrole nitrogens is 1. The van der Waals surface area contributed by atoms with Crippen molar-refractivity contribution < 1.29 is 13.2 Å². The molecular formula is C18H11F3N2. The van der Waals surface area contributed by atoms with Gasteiger partial charge < -0.3 is 4.98 Å². The van der Waals surface area contributed by atoms with E-state index in [-0.39, 0.29) is 0 Å². The molecule has 0 unspecified atom stereocenters. The molecule has 0 bridgehead atoms. The number of nitrogens with zero attached hydrogens (tertiary/aromatic N) is 1. The molecule has 1 heterocycles. The summed E-state index contributed by atoms with van der Waals surface area (Å²) in [5.41, 5.74) is 1.05. The zero-order valence-corrected chi connectivity index (χ0v) is 11.9. The van der Waals surface area contributed by atoms with E-state index in [4.69, 9.17) is 0 Å². The molecule has 4 aromatic rings. The van der Waals surface area contributed by atoms with Crippen molar-refractivity contribution in [2.24, 2.45) is 0 Å². The first-order valence-electron chi connectivity index (χ1n) is 7.07. The number of imidazole rings is 1. The molecule has 2 nitrogen and oxygen atoms in total. The minimum absolute atomic E-state index is 0.378. The van der Waals surface area contributed by atoms with E-state index in [0.717, 1.165) is 28.5 Å². The third-order valence-electron chi connectivity index (χ3n) is 3.83. The van der Waals surface area contributed by atoms with E-state index in [0.29, 0.717) is 16.9 Å². The average molecular weight is 312 g/mol. The van der Waals surface area contributed by atoms with Gasteiger partial charge in [0.25, 0.3) is 0 Å². The smallest absolute Gasteiger partial charge is 0.338 e. The van der Waals surface area contributed by atoms with Crippen LogP contribution >= 0.6 is 0 Å². The molecule has 0 amide bonds. The molecule has 1 N–H and O–H groups in total. The van der Waals surface area contributed by atoms with Crippen LogP contribution in [0.1, 0.15) is 5.56 Å². The molecule has 0 atom stereocenters. The first-order valence-corrected chi connectivity index (χ1v) is 7.07. The Morgan fingerprint density at radius 3 is 2.39 bits per heavy atom. The number of aromatic amines is 1. The summed E-state index contributed by atoms with van der Waals surface area (Å²) in [6.07, 6.45) is -4.36. The van der Waals surface area contributed by atoms with Gasteiger partial charge in [-0.25, -0.2) is 4.98 Å². The van der Waals surface area contributed by atoms with Crippen LogP contribution in [-0.2, 0) is 6.18 Å². The third-order valence-corrected chi connectivity index (χ3v) is 3.83. The van der Waals surface area contributed by atoms with Crippen molar-refractivity contribution in [1.29, 1.82) is 0 Å². The van der Waals surface area contributed by atoms with Gasteiger partial charge in [0.2, 0.25) is 0 Å². The predicted molar refractivity (Wildman–Crippen MR) is 84.0 cm³/mol. The summed E-state index contributed by atoms with van der Waals surface area (Å²) in [5, 5.41) is 2.16. The van der Waals surface area contributed by atoms with Crippen molar-refractivity contribution in [2.75, 3.05) is 0 Å². The highest BCUT2D eigenvalue weighted by Crippen LogP contribution is 2.32. The number of hydrogen-bond acceptors (Lipinski definition) is 1. The van der Waals surface area contributed by atoms with Crippen molar-refractivity contribution in [2.45, 2.75) is 6.18 Å². The molecule has 0 fully saturated rings. The number of benzene rings is 3. The fourth-order valence-electron chi connectivity index (χ4n) is 2.66. The Morgan fingerprint density at radius 1 is 0.826 bits per heavy atom. The van der Waals surface area contributed by atoms with Gasteiger partial charge in [0.1, 0.15) is 5.82 Å². The van der Waals surface area contributed by atoms with Gasteiger partial charge in [0.15, 0.2) is 0 Å². The van der Waals surface area contributed by atoms with E-state index < -0.39 is 11.7 Å². The molecule has 0 aliphatic rings. The number of nitrogens with one attached hydrogen (secondary N) is 1. The highest BCUT2D eigenvalue weighted by molar-refractivity contribution is 5.88. The van der Waals surface area contributed by atoms with E-state index in [1.54, 1.807) is 0 Å². The minimum atomic E-state index is -4.36. The summed E-state index contributed by atoms with van der Waals surface area (Å²) in [6, 6.07) is 17.3. The number of alkyl halides is 3. The lowest BCUT2D eigenvalue weighted by Crippen LogP contribution is -2.04. The maximum absolute atomic E-state index is 12.8. The highest BCUT2D eigenvalue weighted by Gasteiger charge is 2.30. The van der Waals surface area contributed by atoms with Crippen molar-refractivity contribution in [1.82, 2.24) is 9.97 Å². The lowest BCUT2D eigenvalue weighted by Gasteiger charge is -2.05. The van der Waals surface area contributed by atoms with Crippen LogP contribution in [0.3, 0.4) is 0 Å². The number of halogens is 3. The van der Waals surface area contributed by atoms with E-state index in [2.05, 4.69) is 9.97 Å². The van der Waals surface area contributed by atoms with Gasteiger partial charge in [-0.3, -0.25) is 0 Å². The van der Waals surface area contributed by atoms with Crippen LogP contribution in [0, 0.1) is 0 Å². The summed E-state index contributed by atoms with van der Waals surface area (Å²) in [7, 11) is 0. The topological polar surface area (TPSA) is 28.7 Å².